The van der Waals surface area contributed by atoms with E-state index < -0.39 is 5.97 Å². The maximum absolute atomic E-state index is 10.5. The first-order valence-electron chi connectivity index (χ1n) is 4.96. The Kier molecular flexibility index (Phi) is 3.76. The Morgan fingerprint density at radius 2 is 1.94 bits per heavy atom. The summed E-state index contributed by atoms with van der Waals surface area (Å²) in [4.78, 5) is 14.6. The fraction of sp³-hybridized carbons (Fsp3) is 0.0833. The van der Waals surface area contributed by atoms with Crippen LogP contribution in [0.3, 0.4) is 0 Å². The molecule has 0 amide bonds. The minimum absolute atomic E-state index is 0.0151. The normalized spacial score (nSPS) is 10.4. The van der Waals surface area contributed by atoms with Crippen LogP contribution in [0.25, 0.3) is 0 Å². The Hall–Kier alpha value is -1.39. The highest BCUT2D eigenvalue weighted by Crippen LogP contribution is 2.27. The number of hydrogen-bond donors (Lipinski definition) is 2. The molecule has 17 heavy (non-hydrogen) atoms. The lowest BCUT2D eigenvalue weighted by Crippen LogP contribution is -1.99. The molecule has 0 bridgehead atoms. The minimum atomic E-state index is -0.838. The van der Waals surface area contributed by atoms with E-state index in [1.807, 2.05) is 30.3 Å². The zero-order valence-electron chi connectivity index (χ0n) is 8.81. The Bertz CT molecular complexity index is 522. The van der Waals surface area contributed by atoms with Crippen LogP contribution >= 0.6 is 23.4 Å². The Balaban J connectivity index is 2.06. The molecule has 5 heteroatoms. The zero-order chi connectivity index (χ0) is 12.3. The first-order valence-corrected chi connectivity index (χ1v) is 6.16. The second-order valence-corrected chi connectivity index (χ2v) is 5.03. The highest BCUT2D eigenvalue weighted by molar-refractivity contribution is 7.99. The molecule has 0 aliphatic rings. The van der Waals surface area contributed by atoms with Crippen LogP contribution in [0.2, 0.25) is 5.02 Å². The van der Waals surface area contributed by atoms with Crippen molar-refractivity contribution in [1.29, 1.82) is 0 Å². The molecule has 2 rings (SSSR count). The van der Waals surface area contributed by atoms with Crippen LogP contribution in [0.15, 0.2) is 46.3 Å². The predicted molar refractivity (Wildman–Crippen MR) is 67.7 cm³/mol. The van der Waals surface area contributed by atoms with Crippen LogP contribution in [-0.4, -0.2) is 16.1 Å². The molecule has 0 unspecified atom stereocenters. The molecule has 2 N–H and O–H groups in total. The van der Waals surface area contributed by atoms with E-state index in [-0.39, 0.29) is 6.42 Å². The first-order chi connectivity index (χ1) is 8.13. The maximum Gasteiger partial charge on any atom is 0.309 e. The molecule has 0 saturated heterocycles. The van der Waals surface area contributed by atoms with E-state index >= 15 is 0 Å². The number of H-pyrrole nitrogens is 1. The van der Waals surface area contributed by atoms with E-state index in [9.17, 15) is 4.79 Å². The van der Waals surface area contributed by atoms with Crippen molar-refractivity contribution >= 4 is 29.3 Å². The quantitative estimate of drug-likeness (QED) is 0.892. The SMILES string of the molecule is O=C(O)Cc1ccc(Sc2ccc(Cl)cc2)[nH]1. The molecule has 0 atom stereocenters. The van der Waals surface area contributed by atoms with Crippen LogP contribution in [-0.2, 0) is 11.2 Å². The van der Waals surface area contributed by atoms with E-state index in [0.29, 0.717) is 10.7 Å². The van der Waals surface area contributed by atoms with Crippen molar-refractivity contribution in [3.05, 3.63) is 47.1 Å². The average Bonchev–Trinajstić information content (AvgIpc) is 2.68. The van der Waals surface area contributed by atoms with E-state index in [1.54, 1.807) is 6.07 Å². The second-order valence-electron chi connectivity index (χ2n) is 3.47. The molecule has 3 nitrogen and oxygen atoms in total. The average molecular weight is 268 g/mol. The van der Waals surface area contributed by atoms with E-state index in [4.69, 9.17) is 16.7 Å². The number of aromatic nitrogens is 1. The van der Waals surface area contributed by atoms with Gasteiger partial charge >= 0.3 is 5.97 Å². The molecule has 0 aliphatic heterocycles. The van der Waals surface area contributed by atoms with Crippen LogP contribution in [0.4, 0.5) is 0 Å². The molecule has 2 aromatic rings. The van der Waals surface area contributed by atoms with Crippen molar-refractivity contribution in [2.45, 2.75) is 16.3 Å². The van der Waals surface area contributed by atoms with Gasteiger partial charge in [0.2, 0.25) is 0 Å². The van der Waals surface area contributed by atoms with Gasteiger partial charge in [-0.15, -0.1) is 0 Å². The third kappa shape index (κ3) is 3.54. The van der Waals surface area contributed by atoms with Crippen molar-refractivity contribution in [2.24, 2.45) is 0 Å². The molecule has 0 saturated carbocycles. The summed E-state index contributed by atoms with van der Waals surface area (Å²) < 4.78 is 0. The lowest BCUT2D eigenvalue weighted by Gasteiger charge is -1.99. The molecule has 0 spiro atoms. The summed E-state index contributed by atoms with van der Waals surface area (Å²) in [5, 5.41) is 10.3. The lowest BCUT2D eigenvalue weighted by atomic mass is 10.3. The number of carbonyl (C=O) groups is 1. The van der Waals surface area contributed by atoms with Crippen LogP contribution in [0.1, 0.15) is 5.69 Å². The van der Waals surface area contributed by atoms with Gasteiger partial charge in [0.05, 0.1) is 11.4 Å². The topological polar surface area (TPSA) is 53.1 Å². The van der Waals surface area contributed by atoms with Gasteiger partial charge in [-0.2, -0.15) is 0 Å². The second kappa shape index (κ2) is 5.29. The molecule has 0 radical (unpaired) electrons. The summed E-state index contributed by atoms with van der Waals surface area (Å²) in [5.41, 5.74) is 0.703. The van der Waals surface area contributed by atoms with Crippen molar-refractivity contribution in [2.75, 3.05) is 0 Å². The number of nitrogens with one attached hydrogen (secondary N) is 1. The van der Waals surface area contributed by atoms with Crippen LogP contribution < -0.4 is 0 Å². The van der Waals surface area contributed by atoms with Gasteiger partial charge in [0.25, 0.3) is 0 Å². The Labute approximate surface area is 108 Å². The van der Waals surface area contributed by atoms with Gasteiger partial charge in [-0.25, -0.2) is 0 Å². The molecule has 1 aromatic carbocycles. The smallest absolute Gasteiger partial charge is 0.309 e. The number of aliphatic carboxylic acids is 1. The van der Waals surface area contributed by atoms with Crippen molar-refractivity contribution in [3.8, 4) is 0 Å². The van der Waals surface area contributed by atoms with Crippen molar-refractivity contribution in [3.63, 3.8) is 0 Å². The maximum atomic E-state index is 10.5. The number of aromatic amines is 1. The largest absolute Gasteiger partial charge is 0.481 e. The number of halogens is 1. The van der Waals surface area contributed by atoms with E-state index in [0.717, 1.165) is 9.92 Å². The molecular formula is C12H10ClNO2S. The number of carboxylic acid groups (broad SMARTS) is 1. The van der Waals surface area contributed by atoms with E-state index in [1.165, 1.54) is 11.8 Å². The summed E-state index contributed by atoms with van der Waals surface area (Å²) in [7, 11) is 0. The molecule has 88 valence electrons. The highest BCUT2D eigenvalue weighted by atomic mass is 35.5. The molecule has 0 aliphatic carbocycles. The van der Waals surface area contributed by atoms with Crippen molar-refractivity contribution < 1.29 is 9.90 Å². The lowest BCUT2D eigenvalue weighted by molar-refractivity contribution is -0.136. The van der Waals surface area contributed by atoms with Gasteiger partial charge in [0, 0.05) is 15.6 Å². The van der Waals surface area contributed by atoms with Gasteiger partial charge < -0.3 is 10.1 Å². The van der Waals surface area contributed by atoms with Gasteiger partial charge in [-0.05, 0) is 36.4 Å². The summed E-state index contributed by atoms with van der Waals surface area (Å²) in [6.45, 7) is 0. The number of carboxylic acids is 1. The Morgan fingerprint density at radius 3 is 2.59 bits per heavy atom. The molecule has 1 aromatic heterocycles. The zero-order valence-corrected chi connectivity index (χ0v) is 10.4. The third-order valence-corrected chi connectivity index (χ3v) is 3.32. The third-order valence-electron chi connectivity index (χ3n) is 2.10. The molecule has 0 fully saturated rings. The first kappa shape index (κ1) is 12.1. The predicted octanol–water partition coefficient (Wildman–Crippen LogP) is 3.45. The fourth-order valence-corrected chi connectivity index (χ4v) is 2.34. The Morgan fingerprint density at radius 1 is 1.24 bits per heavy atom. The highest BCUT2D eigenvalue weighted by Gasteiger charge is 2.04. The number of rotatable bonds is 4. The summed E-state index contributed by atoms with van der Waals surface area (Å²) in [6.07, 6.45) is 0.0151. The minimum Gasteiger partial charge on any atom is -0.481 e. The summed E-state index contributed by atoms with van der Waals surface area (Å²) >= 11 is 7.33. The number of benzene rings is 1. The van der Waals surface area contributed by atoms with Gasteiger partial charge in [0.1, 0.15) is 0 Å². The van der Waals surface area contributed by atoms with E-state index in [2.05, 4.69) is 4.98 Å². The van der Waals surface area contributed by atoms with Gasteiger partial charge in [-0.3, -0.25) is 4.79 Å². The number of hydrogen-bond acceptors (Lipinski definition) is 2. The molecule has 1 heterocycles. The summed E-state index contributed by atoms with van der Waals surface area (Å²) in [6, 6.07) is 11.1. The standard InChI is InChI=1S/C12H10ClNO2S/c13-8-1-4-10(5-2-8)17-11-6-3-9(14-11)7-12(15)16/h1-6,14H,7H2,(H,15,16). The van der Waals surface area contributed by atoms with Crippen LogP contribution in [0, 0.1) is 0 Å². The van der Waals surface area contributed by atoms with Gasteiger partial charge in [-0.1, -0.05) is 23.4 Å². The monoisotopic (exact) mass is 267 g/mol. The van der Waals surface area contributed by atoms with Crippen LogP contribution in [0.5, 0.6) is 0 Å². The fourth-order valence-electron chi connectivity index (χ4n) is 1.37. The summed E-state index contributed by atoms with van der Waals surface area (Å²) in [5.74, 6) is -0.838. The van der Waals surface area contributed by atoms with Crippen molar-refractivity contribution in [1.82, 2.24) is 4.98 Å². The molecular weight excluding hydrogens is 258 g/mol. The van der Waals surface area contributed by atoms with Gasteiger partial charge in [0.15, 0.2) is 0 Å².